The maximum absolute atomic E-state index is 12.5. The number of H-pyrrole nitrogens is 1. The van der Waals surface area contributed by atoms with Gasteiger partial charge in [0.05, 0.1) is 0 Å². The number of amides is 1. The van der Waals surface area contributed by atoms with Crippen molar-refractivity contribution in [2.45, 2.75) is 38.9 Å². The molecule has 0 fully saturated rings. The summed E-state index contributed by atoms with van der Waals surface area (Å²) in [6.45, 7) is 7.08. The predicted octanol–water partition coefficient (Wildman–Crippen LogP) is 1.84. The predicted molar refractivity (Wildman–Crippen MR) is 94.3 cm³/mol. The molecule has 0 bridgehead atoms. The first-order valence-corrected chi connectivity index (χ1v) is 8.94. The summed E-state index contributed by atoms with van der Waals surface area (Å²) in [5.74, 6) is 0.826. The average Bonchev–Trinajstić information content (AvgIpc) is 3.04. The van der Waals surface area contributed by atoms with E-state index < -0.39 is 0 Å². The number of aromatic amines is 1. The third kappa shape index (κ3) is 4.95. The van der Waals surface area contributed by atoms with Crippen LogP contribution in [0.1, 0.15) is 36.2 Å². The molecule has 2 heterocycles. The van der Waals surface area contributed by atoms with Crippen molar-refractivity contribution in [2.24, 2.45) is 5.92 Å². The highest BCUT2D eigenvalue weighted by molar-refractivity contribution is 7.99. The van der Waals surface area contributed by atoms with E-state index in [1.54, 1.807) is 17.7 Å². The lowest BCUT2D eigenvalue weighted by Gasteiger charge is -2.12. The van der Waals surface area contributed by atoms with Crippen LogP contribution in [-0.4, -0.2) is 38.0 Å². The van der Waals surface area contributed by atoms with Gasteiger partial charge in [0.1, 0.15) is 11.9 Å². The van der Waals surface area contributed by atoms with Gasteiger partial charge in [0.2, 0.25) is 0 Å². The number of hydrogen-bond donors (Lipinski definition) is 2. The molecule has 2 N–H and O–H groups in total. The Bertz CT molecular complexity index is 725. The Hall–Kier alpha value is -2.09. The summed E-state index contributed by atoms with van der Waals surface area (Å²) in [5.41, 5.74) is 0.697. The van der Waals surface area contributed by atoms with Crippen molar-refractivity contribution in [2.75, 3.05) is 12.3 Å². The van der Waals surface area contributed by atoms with Gasteiger partial charge in [0, 0.05) is 25.0 Å². The summed E-state index contributed by atoms with van der Waals surface area (Å²) in [6.07, 6.45) is 4.10. The van der Waals surface area contributed by atoms with Crippen molar-refractivity contribution in [3.05, 3.63) is 40.1 Å². The minimum Gasteiger partial charge on any atom is -0.351 e. The monoisotopic (exact) mass is 349 g/mol. The lowest BCUT2D eigenvalue weighted by atomic mass is 10.1. The molecule has 130 valence electrons. The average molecular weight is 349 g/mol. The van der Waals surface area contributed by atoms with E-state index in [2.05, 4.69) is 34.3 Å². The van der Waals surface area contributed by atoms with Gasteiger partial charge in [-0.25, -0.2) is 4.98 Å². The van der Waals surface area contributed by atoms with Crippen molar-refractivity contribution in [1.29, 1.82) is 0 Å². The molecular weight excluding hydrogens is 326 g/mol. The van der Waals surface area contributed by atoms with Gasteiger partial charge < -0.3 is 9.88 Å². The molecule has 0 aliphatic rings. The fourth-order valence-corrected chi connectivity index (χ4v) is 2.82. The molecule has 8 heteroatoms. The van der Waals surface area contributed by atoms with Gasteiger partial charge in [-0.1, -0.05) is 25.6 Å². The zero-order valence-corrected chi connectivity index (χ0v) is 15.0. The SMILES string of the molecule is Cc1ccn(CCC(C)C)c(=O)c1C(=O)NCCSc1ncn[nH]1. The van der Waals surface area contributed by atoms with Crippen LogP contribution in [0.3, 0.4) is 0 Å². The van der Waals surface area contributed by atoms with E-state index in [-0.39, 0.29) is 17.0 Å². The van der Waals surface area contributed by atoms with Crippen molar-refractivity contribution in [3.63, 3.8) is 0 Å². The lowest BCUT2D eigenvalue weighted by molar-refractivity contribution is 0.0953. The standard InChI is InChI=1S/C16H23N5O2S/c1-11(2)4-7-21-8-5-12(3)13(15(21)23)14(22)17-6-9-24-16-18-10-19-20-16/h5,8,10-11H,4,6-7,9H2,1-3H3,(H,17,22)(H,18,19,20). The van der Waals surface area contributed by atoms with Crippen LogP contribution >= 0.6 is 11.8 Å². The van der Waals surface area contributed by atoms with E-state index in [1.165, 1.54) is 18.1 Å². The molecule has 24 heavy (non-hydrogen) atoms. The van der Waals surface area contributed by atoms with Gasteiger partial charge in [0.25, 0.3) is 11.5 Å². The number of hydrogen-bond acceptors (Lipinski definition) is 5. The van der Waals surface area contributed by atoms with E-state index in [4.69, 9.17) is 0 Å². The van der Waals surface area contributed by atoms with Crippen molar-refractivity contribution in [3.8, 4) is 0 Å². The number of pyridine rings is 1. The van der Waals surface area contributed by atoms with E-state index in [0.29, 0.717) is 35.5 Å². The Kier molecular flexibility index (Phi) is 6.60. The third-order valence-electron chi connectivity index (χ3n) is 3.57. The normalized spacial score (nSPS) is 11.0. The van der Waals surface area contributed by atoms with Crippen LogP contribution < -0.4 is 10.9 Å². The molecule has 0 aliphatic heterocycles. The summed E-state index contributed by atoms with van der Waals surface area (Å²) in [6, 6.07) is 1.82. The van der Waals surface area contributed by atoms with Crippen molar-refractivity contribution in [1.82, 2.24) is 25.1 Å². The first-order valence-electron chi connectivity index (χ1n) is 7.95. The van der Waals surface area contributed by atoms with Crippen LogP contribution in [0.4, 0.5) is 0 Å². The van der Waals surface area contributed by atoms with Crippen molar-refractivity contribution >= 4 is 17.7 Å². The minimum atomic E-state index is -0.324. The molecule has 0 atom stereocenters. The highest BCUT2D eigenvalue weighted by Crippen LogP contribution is 2.09. The number of nitrogens with one attached hydrogen (secondary N) is 2. The lowest BCUT2D eigenvalue weighted by Crippen LogP contribution is -2.35. The van der Waals surface area contributed by atoms with Gasteiger partial charge in [-0.05, 0) is 30.9 Å². The van der Waals surface area contributed by atoms with Crippen LogP contribution in [0.2, 0.25) is 0 Å². The molecule has 2 rings (SSSR count). The number of rotatable bonds is 8. The Labute approximate surface area is 145 Å². The van der Waals surface area contributed by atoms with Gasteiger partial charge in [-0.15, -0.1) is 0 Å². The molecular formula is C16H23N5O2S. The van der Waals surface area contributed by atoms with Crippen molar-refractivity contribution < 1.29 is 4.79 Å². The topological polar surface area (TPSA) is 92.7 Å². The molecule has 0 saturated heterocycles. The third-order valence-corrected chi connectivity index (χ3v) is 4.45. The molecule has 1 amide bonds. The zero-order valence-electron chi connectivity index (χ0n) is 14.2. The van der Waals surface area contributed by atoms with E-state index >= 15 is 0 Å². The first kappa shape index (κ1) is 18.3. The van der Waals surface area contributed by atoms with E-state index in [1.807, 2.05) is 6.07 Å². The van der Waals surface area contributed by atoms with Crippen LogP contribution in [0.25, 0.3) is 0 Å². The van der Waals surface area contributed by atoms with Crippen LogP contribution in [0.5, 0.6) is 0 Å². The zero-order chi connectivity index (χ0) is 17.5. The summed E-state index contributed by atoms with van der Waals surface area (Å²) >= 11 is 1.46. The first-order chi connectivity index (χ1) is 11.5. The summed E-state index contributed by atoms with van der Waals surface area (Å²) in [7, 11) is 0. The largest absolute Gasteiger partial charge is 0.351 e. The Morgan fingerprint density at radius 1 is 1.46 bits per heavy atom. The van der Waals surface area contributed by atoms with Crippen LogP contribution in [-0.2, 0) is 6.54 Å². The van der Waals surface area contributed by atoms with Crippen LogP contribution in [0, 0.1) is 12.8 Å². The van der Waals surface area contributed by atoms with Gasteiger partial charge in [-0.2, -0.15) is 5.10 Å². The summed E-state index contributed by atoms with van der Waals surface area (Å²) < 4.78 is 1.62. The van der Waals surface area contributed by atoms with Gasteiger partial charge in [0.15, 0.2) is 5.16 Å². The number of thioether (sulfide) groups is 1. The number of aromatic nitrogens is 4. The summed E-state index contributed by atoms with van der Waals surface area (Å²) in [4.78, 5) is 28.9. The molecule has 0 spiro atoms. The molecule has 0 radical (unpaired) electrons. The molecule has 0 saturated carbocycles. The molecule has 0 aliphatic carbocycles. The number of carbonyl (C=O) groups is 1. The Morgan fingerprint density at radius 2 is 2.25 bits per heavy atom. The smallest absolute Gasteiger partial charge is 0.263 e. The molecule has 2 aromatic heterocycles. The fourth-order valence-electron chi connectivity index (χ4n) is 2.18. The fraction of sp³-hybridized carbons (Fsp3) is 0.500. The van der Waals surface area contributed by atoms with Gasteiger partial charge >= 0.3 is 0 Å². The Balaban J connectivity index is 1.97. The minimum absolute atomic E-state index is 0.226. The van der Waals surface area contributed by atoms with E-state index in [0.717, 1.165) is 6.42 Å². The van der Waals surface area contributed by atoms with E-state index in [9.17, 15) is 9.59 Å². The molecule has 2 aromatic rings. The second kappa shape index (κ2) is 8.68. The highest BCUT2D eigenvalue weighted by atomic mass is 32.2. The molecule has 0 aromatic carbocycles. The molecule has 7 nitrogen and oxygen atoms in total. The second-order valence-corrected chi connectivity index (χ2v) is 7.03. The highest BCUT2D eigenvalue weighted by Gasteiger charge is 2.15. The van der Waals surface area contributed by atoms with Gasteiger partial charge in [-0.3, -0.25) is 14.7 Å². The number of carbonyl (C=O) groups excluding carboxylic acids is 1. The Morgan fingerprint density at radius 3 is 2.92 bits per heavy atom. The maximum Gasteiger partial charge on any atom is 0.263 e. The number of aryl methyl sites for hydroxylation is 2. The summed E-state index contributed by atoms with van der Waals surface area (Å²) in [5, 5.41) is 10.0. The molecule has 0 unspecified atom stereocenters. The quantitative estimate of drug-likeness (QED) is 0.560. The van der Waals surface area contributed by atoms with Crippen LogP contribution in [0.15, 0.2) is 28.5 Å². The number of nitrogens with zero attached hydrogens (tertiary/aromatic N) is 3. The second-order valence-electron chi connectivity index (χ2n) is 5.95. The maximum atomic E-state index is 12.5.